The van der Waals surface area contributed by atoms with Crippen LogP contribution in [-0.4, -0.2) is 9.55 Å². The lowest BCUT2D eigenvalue weighted by Crippen LogP contribution is -2.27. The van der Waals surface area contributed by atoms with E-state index in [4.69, 9.17) is 10.3 Å². The zero-order valence-electron chi connectivity index (χ0n) is 10.0. The Morgan fingerprint density at radius 3 is 2.84 bits per heavy atom. The molecule has 0 aliphatic heterocycles. The molecular formula is C13H12N4O2. The van der Waals surface area contributed by atoms with Crippen LogP contribution in [-0.2, 0) is 6.54 Å². The first-order valence-electron chi connectivity index (χ1n) is 5.78. The van der Waals surface area contributed by atoms with Crippen molar-refractivity contribution in [2.24, 2.45) is 5.84 Å². The van der Waals surface area contributed by atoms with E-state index in [1.807, 2.05) is 6.07 Å². The summed E-state index contributed by atoms with van der Waals surface area (Å²) in [6.45, 7) is 0.281. The van der Waals surface area contributed by atoms with Crippen molar-refractivity contribution in [1.29, 1.82) is 0 Å². The largest absolute Gasteiger partial charge is 0.467 e. The van der Waals surface area contributed by atoms with E-state index in [1.165, 1.54) is 4.57 Å². The van der Waals surface area contributed by atoms with Gasteiger partial charge in [0.2, 0.25) is 5.95 Å². The van der Waals surface area contributed by atoms with Crippen molar-refractivity contribution < 1.29 is 4.42 Å². The van der Waals surface area contributed by atoms with Crippen LogP contribution in [0.2, 0.25) is 0 Å². The number of nitrogens with one attached hydrogen (secondary N) is 1. The third-order valence-electron chi connectivity index (χ3n) is 2.88. The molecule has 0 atom stereocenters. The molecule has 3 rings (SSSR count). The van der Waals surface area contributed by atoms with Crippen molar-refractivity contribution in [3.05, 3.63) is 58.8 Å². The summed E-state index contributed by atoms with van der Waals surface area (Å²) < 4.78 is 6.69. The number of aromatic nitrogens is 2. The zero-order chi connectivity index (χ0) is 13.2. The summed E-state index contributed by atoms with van der Waals surface area (Å²) in [5.41, 5.74) is 2.90. The van der Waals surface area contributed by atoms with Gasteiger partial charge in [0.1, 0.15) is 5.76 Å². The van der Waals surface area contributed by atoms with Gasteiger partial charge in [-0.3, -0.25) is 14.8 Å². The minimum atomic E-state index is -0.157. The normalized spacial score (nSPS) is 10.8. The highest BCUT2D eigenvalue weighted by Gasteiger charge is 2.11. The monoisotopic (exact) mass is 256 g/mol. The lowest BCUT2D eigenvalue weighted by atomic mass is 10.2. The van der Waals surface area contributed by atoms with Crippen molar-refractivity contribution >= 4 is 16.9 Å². The molecule has 1 aromatic carbocycles. The maximum absolute atomic E-state index is 12.4. The number of para-hydroxylation sites is 1. The van der Waals surface area contributed by atoms with Crippen LogP contribution in [0.15, 0.2) is 51.9 Å². The Balaban J connectivity index is 2.21. The van der Waals surface area contributed by atoms with E-state index < -0.39 is 0 Å². The lowest BCUT2D eigenvalue weighted by Gasteiger charge is -2.11. The van der Waals surface area contributed by atoms with E-state index in [2.05, 4.69) is 10.4 Å². The van der Waals surface area contributed by atoms with Crippen LogP contribution in [0.3, 0.4) is 0 Å². The standard InChI is InChI=1S/C13H12N4O2/c14-16-13-15-11-6-2-1-5-10(11)12(18)17(13)8-9-4-3-7-19-9/h1-7H,8,14H2,(H,15,16). The molecule has 19 heavy (non-hydrogen) atoms. The molecule has 3 aromatic rings. The maximum atomic E-state index is 12.4. The molecule has 0 amide bonds. The van der Waals surface area contributed by atoms with Crippen molar-refractivity contribution in [2.45, 2.75) is 6.54 Å². The second-order valence-electron chi connectivity index (χ2n) is 4.07. The molecule has 0 spiro atoms. The fourth-order valence-electron chi connectivity index (χ4n) is 1.98. The highest BCUT2D eigenvalue weighted by Crippen LogP contribution is 2.12. The van der Waals surface area contributed by atoms with Crippen LogP contribution in [0.4, 0.5) is 5.95 Å². The number of rotatable bonds is 3. The number of furan rings is 1. The first-order chi connectivity index (χ1) is 9.29. The van der Waals surface area contributed by atoms with Crippen LogP contribution in [0.1, 0.15) is 5.76 Å². The smallest absolute Gasteiger partial charge is 0.263 e. The van der Waals surface area contributed by atoms with Crippen molar-refractivity contribution in [1.82, 2.24) is 9.55 Å². The highest BCUT2D eigenvalue weighted by atomic mass is 16.3. The molecule has 0 bridgehead atoms. The molecular weight excluding hydrogens is 244 g/mol. The number of hydrogen-bond acceptors (Lipinski definition) is 5. The molecule has 96 valence electrons. The van der Waals surface area contributed by atoms with Gasteiger partial charge in [0.25, 0.3) is 5.56 Å². The Kier molecular flexibility index (Phi) is 2.77. The molecule has 0 saturated carbocycles. The molecule has 0 radical (unpaired) electrons. The third kappa shape index (κ3) is 1.98. The summed E-state index contributed by atoms with van der Waals surface area (Å²) in [6.07, 6.45) is 1.56. The number of hydrazine groups is 1. The minimum Gasteiger partial charge on any atom is -0.467 e. The Morgan fingerprint density at radius 1 is 1.26 bits per heavy atom. The molecule has 3 N–H and O–H groups in total. The van der Waals surface area contributed by atoms with E-state index in [1.54, 1.807) is 36.6 Å². The van der Waals surface area contributed by atoms with Gasteiger partial charge in [0.15, 0.2) is 0 Å². The maximum Gasteiger partial charge on any atom is 0.263 e. The average Bonchev–Trinajstić information content (AvgIpc) is 2.95. The van der Waals surface area contributed by atoms with Crippen LogP contribution in [0, 0.1) is 0 Å². The van der Waals surface area contributed by atoms with Crippen LogP contribution in [0.25, 0.3) is 10.9 Å². The summed E-state index contributed by atoms with van der Waals surface area (Å²) in [6, 6.07) is 10.7. The van der Waals surface area contributed by atoms with Crippen LogP contribution >= 0.6 is 0 Å². The van der Waals surface area contributed by atoms with Gasteiger partial charge < -0.3 is 4.42 Å². The van der Waals surface area contributed by atoms with E-state index in [9.17, 15) is 4.79 Å². The Morgan fingerprint density at radius 2 is 2.11 bits per heavy atom. The Bertz CT molecular complexity index is 762. The number of nitrogens with zero attached hydrogens (tertiary/aromatic N) is 2. The van der Waals surface area contributed by atoms with E-state index >= 15 is 0 Å². The van der Waals surface area contributed by atoms with Gasteiger partial charge in [-0.1, -0.05) is 12.1 Å². The summed E-state index contributed by atoms with van der Waals surface area (Å²) in [5.74, 6) is 6.40. The Hall–Kier alpha value is -2.60. The molecule has 0 fully saturated rings. The quantitative estimate of drug-likeness (QED) is 0.545. The first-order valence-corrected chi connectivity index (χ1v) is 5.78. The average molecular weight is 256 g/mol. The molecule has 0 aliphatic carbocycles. The van der Waals surface area contributed by atoms with E-state index in [0.717, 1.165) is 0 Å². The number of benzene rings is 1. The van der Waals surface area contributed by atoms with Gasteiger partial charge in [0, 0.05) is 0 Å². The van der Waals surface area contributed by atoms with Crippen molar-refractivity contribution in [2.75, 3.05) is 5.43 Å². The number of nitrogen functional groups attached to an aromatic ring is 1. The topological polar surface area (TPSA) is 86.1 Å². The van der Waals surface area contributed by atoms with Crippen molar-refractivity contribution in [3.8, 4) is 0 Å². The molecule has 0 aliphatic rings. The summed E-state index contributed by atoms with van der Waals surface area (Å²) in [7, 11) is 0. The number of fused-ring (bicyclic) bond motifs is 1. The number of anilines is 1. The zero-order valence-corrected chi connectivity index (χ0v) is 10.0. The summed E-state index contributed by atoms with van der Waals surface area (Å²) in [5, 5.41) is 0.549. The predicted molar refractivity (Wildman–Crippen MR) is 71.6 cm³/mol. The summed E-state index contributed by atoms with van der Waals surface area (Å²) >= 11 is 0. The predicted octanol–water partition coefficient (Wildman–Crippen LogP) is 1.32. The molecule has 0 saturated heterocycles. The lowest BCUT2D eigenvalue weighted by molar-refractivity contribution is 0.490. The van der Waals surface area contributed by atoms with Crippen molar-refractivity contribution in [3.63, 3.8) is 0 Å². The fraction of sp³-hybridized carbons (Fsp3) is 0.0769. The second-order valence-corrected chi connectivity index (χ2v) is 4.07. The van der Waals surface area contributed by atoms with Gasteiger partial charge in [0.05, 0.1) is 23.7 Å². The number of nitrogens with two attached hydrogens (primary N) is 1. The van der Waals surface area contributed by atoms with Crippen LogP contribution in [0.5, 0.6) is 0 Å². The summed E-state index contributed by atoms with van der Waals surface area (Å²) in [4.78, 5) is 16.7. The molecule has 6 heteroatoms. The Labute approximate surface area is 108 Å². The third-order valence-corrected chi connectivity index (χ3v) is 2.88. The highest BCUT2D eigenvalue weighted by molar-refractivity contribution is 5.78. The first kappa shape index (κ1) is 11.5. The minimum absolute atomic E-state index is 0.157. The van der Waals surface area contributed by atoms with Crippen LogP contribution < -0.4 is 16.8 Å². The molecule has 2 aromatic heterocycles. The van der Waals surface area contributed by atoms with E-state index in [0.29, 0.717) is 22.6 Å². The molecule has 0 unspecified atom stereocenters. The van der Waals surface area contributed by atoms with Gasteiger partial charge >= 0.3 is 0 Å². The second kappa shape index (κ2) is 4.58. The number of hydrogen-bond donors (Lipinski definition) is 2. The van der Waals surface area contributed by atoms with Gasteiger partial charge in [-0.2, -0.15) is 0 Å². The molecule has 6 nitrogen and oxygen atoms in total. The molecule has 2 heterocycles. The van der Waals surface area contributed by atoms with E-state index in [-0.39, 0.29) is 12.1 Å². The van der Waals surface area contributed by atoms with Gasteiger partial charge in [-0.25, -0.2) is 10.8 Å². The fourth-order valence-corrected chi connectivity index (χ4v) is 1.98. The van der Waals surface area contributed by atoms with Gasteiger partial charge in [-0.05, 0) is 24.3 Å². The van der Waals surface area contributed by atoms with Gasteiger partial charge in [-0.15, -0.1) is 0 Å². The SMILES string of the molecule is NNc1nc2ccccc2c(=O)n1Cc1ccco1.